The van der Waals surface area contributed by atoms with Gasteiger partial charge in [0.05, 0.1) is 6.04 Å². The molecule has 3 nitrogen and oxygen atoms in total. The van der Waals surface area contributed by atoms with Gasteiger partial charge in [0, 0.05) is 5.56 Å². The Kier molecular flexibility index (Phi) is 3.51. The van der Waals surface area contributed by atoms with E-state index >= 15 is 0 Å². The van der Waals surface area contributed by atoms with Crippen LogP contribution in [0.15, 0.2) is 36.4 Å². The zero-order valence-corrected chi connectivity index (χ0v) is 11.5. The molecule has 5 heteroatoms. The van der Waals surface area contributed by atoms with E-state index in [4.69, 9.17) is 15.2 Å². The Hall–Kier alpha value is -2.14. The van der Waals surface area contributed by atoms with Crippen molar-refractivity contribution in [2.24, 2.45) is 5.73 Å². The fraction of sp³-hybridized carbons (Fsp3) is 0.250. The van der Waals surface area contributed by atoms with E-state index in [-0.39, 0.29) is 17.7 Å². The van der Waals surface area contributed by atoms with Crippen LogP contribution in [0.5, 0.6) is 11.5 Å². The van der Waals surface area contributed by atoms with Crippen LogP contribution in [0.25, 0.3) is 0 Å². The average molecular weight is 291 g/mol. The minimum Gasteiger partial charge on any atom is -0.486 e. The van der Waals surface area contributed by atoms with Crippen molar-refractivity contribution in [3.05, 3.63) is 59.2 Å². The summed E-state index contributed by atoms with van der Waals surface area (Å²) in [4.78, 5) is 0. The first-order valence-electron chi connectivity index (χ1n) is 6.66. The summed E-state index contributed by atoms with van der Waals surface area (Å²) >= 11 is 0. The third kappa shape index (κ3) is 2.45. The molecule has 2 atom stereocenters. The van der Waals surface area contributed by atoms with Crippen LogP contribution in [-0.4, -0.2) is 12.7 Å². The van der Waals surface area contributed by atoms with Crippen LogP contribution in [0.4, 0.5) is 8.78 Å². The molecule has 1 aliphatic heterocycles. The summed E-state index contributed by atoms with van der Waals surface area (Å²) in [5.74, 6) is -0.626. The lowest BCUT2D eigenvalue weighted by Gasteiger charge is -2.30. The van der Waals surface area contributed by atoms with Crippen LogP contribution in [0.1, 0.15) is 17.2 Å². The monoisotopic (exact) mass is 291 g/mol. The molecule has 2 N–H and O–H groups in total. The van der Waals surface area contributed by atoms with Crippen molar-refractivity contribution in [2.45, 2.75) is 19.1 Å². The molecule has 2 aromatic rings. The van der Waals surface area contributed by atoms with Crippen molar-refractivity contribution in [1.82, 2.24) is 0 Å². The molecule has 0 aromatic heterocycles. The number of aryl methyl sites for hydroxylation is 1. The smallest absolute Gasteiger partial charge is 0.164 e. The third-order valence-corrected chi connectivity index (χ3v) is 3.60. The third-order valence-electron chi connectivity index (χ3n) is 3.60. The maximum Gasteiger partial charge on any atom is 0.164 e. The summed E-state index contributed by atoms with van der Waals surface area (Å²) in [6.07, 6.45) is -0.573. The maximum absolute atomic E-state index is 14.0. The molecule has 0 saturated carbocycles. The first kappa shape index (κ1) is 13.8. The van der Waals surface area contributed by atoms with E-state index in [0.717, 1.165) is 0 Å². The summed E-state index contributed by atoms with van der Waals surface area (Å²) in [5.41, 5.74) is 6.37. The van der Waals surface area contributed by atoms with Crippen LogP contribution in [0.2, 0.25) is 0 Å². The maximum atomic E-state index is 14.0. The van der Waals surface area contributed by atoms with Crippen molar-refractivity contribution in [3.63, 3.8) is 0 Å². The van der Waals surface area contributed by atoms with E-state index in [2.05, 4.69) is 0 Å². The number of nitrogens with two attached hydrogens (primary N) is 1. The van der Waals surface area contributed by atoms with E-state index < -0.39 is 23.8 Å². The van der Waals surface area contributed by atoms with Crippen LogP contribution in [-0.2, 0) is 0 Å². The van der Waals surface area contributed by atoms with Crippen LogP contribution in [0, 0.1) is 18.6 Å². The number of para-hydroxylation sites is 2. The molecule has 0 radical (unpaired) electrons. The predicted octanol–water partition coefficient (Wildman–Crippen LogP) is 3.11. The van der Waals surface area contributed by atoms with E-state index in [1.54, 1.807) is 12.1 Å². The largest absolute Gasteiger partial charge is 0.486 e. The summed E-state index contributed by atoms with van der Waals surface area (Å²) in [6, 6.07) is 9.35. The van der Waals surface area contributed by atoms with Crippen LogP contribution in [0.3, 0.4) is 0 Å². The second kappa shape index (κ2) is 5.33. The quantitative estimate of drug-likeness (QED) is 0.924. The first-order chi connectivity index (χ1) is 10.1. The van der Waals surface area contributed by atoms with E-state index in [1.165, 1.54) is 19.1 Å². The number of halogens is 2. The molecule has 0 amide bonds. The number of rotatable bonds is 2. The topological polar surface area (TPSA) is 44.5 Å². The lowest BCUT2D eigenvalue weighted by Crippen LogP contribution is -2.39. The Morgan fingerprint density at radius 2 is 1.81 bits per heavy atom. The number of fused-ring (bicyclic) bond motifs is 1. The average Bonchev–Trinajstić information content (AvgIpc) is 2.52. The highest BCUT2D eigenvalue weighted by atomic mass is 19.2. The summed E-state index contributed by atoms with van der Waals surface area (Å²) in [5, 5.41) is 0. The van der Waals surface area contributed by atoms with Crippen LogP contribution < -0.4 is 15.2 Å². The molecule has 2 unspecified atom stereocenters. The van der Waals surface area contributed by atoms with Crippen molar-refractivity contribution >= 4 is 0 Å². The van der Waals surface area contributed by atoms with Crippen molar-refractivity contribution in [2.75, 3.05) is 6.61 Å². The van der Waals surface area contributed by atoms with Crippen LogP contribution >= 0.6 is 0 Å². The van der Waals surface area contributed by atoms with Gasteiger partial charge in [-0.1, -0.05) is 24.3 Å². The SMILES string of the molecule is Cc1ccc(C(N)C2COc3ccccc3O2)c(F)c1F. The molecule has 0 fully saturated rings. The lowest BCUT2D eigenvalue weighted by atomic mass is 9.99. The predicted molar refractivity (Wildman–Crippen MR) is 74.4 cm³/mol. The number of ether oxygens (including phenoxy) is 2. The van der Waals surface area contributed by atoms with Gasteiger partial charge in [-0.05, 0) is 24.6 Å². The Balaban J connectivity index is 1.87. The summed E-state index contributed by atoms with van der Waals surface area (Å²) in [7, 11) is 0. The molecule has 2 aromatic carbocycles. The molecule has 1 heterocycles. The molecular formula is C16H15F2NO2. The molecule has 0 saturated heterocycles. The molecule has 0 aliphatic carbocycles. The van der Waals surface area contributed by atoms with E-state index in [1.807, 2.05) is 12.1 Å². The minimum absolute atomic E-state index is 0.0890. The molecule has 110 valence electrons. The number of hydrogen-bond donors (Lipinski definition) is 1. The highest BCUT2D eigenvalue weighted by molar-refractivity contribution is 5.41. The summed E-state index contributed by atoms with van der Waals surface area (Å²) < 4.78 is 39.0. The van der Waals surface area contributed by atoms with Gasteiger partial charge < -0.3 is 15.2 Å². The second-order valence-corrected chi connectivity index (χ2v) is 5.04. The molecule has 0 bridgehead atoms. The molecule has 0 spiro atoms. The van der Waals surface area contributed by atoms with E-state index in [0.29, 0.717) is 11.5 Å². The normalized spacial score (nSPS) is 18.4. The molecule has 21 heavy (non-hydrogen) atoms. The highest BCUT2D eigenvalue weighted by Gasteiger charge is 2.30. The Labute approximate surface area is 121 Å². The second-order valence-electron chi connectivity index (χ2n) is 5.04. The van der Waals surface area contributed by atoms with Gasteiger partial charge in [-0.15, -0.1) is 0 Å². The zero-order valence-electron chi connectivity index (χ0n) is 11.5. The molecule has 1 aliphatic rings. The Morgan fingerprint density at radius 1 is 1.10 bits per heavy atom. The Morgan fingerprint density at radius 3 is 2.57 bits per heavy atom. The summed E-state index contributed by atoms with van der Waals surface area (Å²) in [6.45, 7) is 1.69. The van der Waals surface area contributed by atoms with Gasteiger partial charge in [-0.3, -0.25) is 0 Å². The van der Waals surface area contributed by atoms with Crippen molar-refractivity contribution in [1.29, 1.82) is 0 Å². The number of benzene rings is 2. The van der Waals surface area contributed by atoms with Gasteiger partial charge in [0.2, 0.25) is 0 Å². The van der Waals surface area contributed by atoms with E-state index in [9.17, 15) is 8.78 Å². The molecule has 3 rings (SSSR count). The standard InChI is InChI=1S/C16H15F2NO2/c1-9-6-7-10(15(18)14(9)17)16(19)13-8-20-11-4-2-3-5-12(11)21-13/h2-7,13,16H,8,19H2,1H3. The van der Waals surface area contributed by atoms with Gasteiger partial charge >= 0.3 is 0 Å². The zero-order chi connectivity index (χ0) is 15.0. The fourth-order valence-corrected chi connectivity index (χ4v) is 2.33. The van der Waals surface area contributed by atoms with Gasteiger partial charge in [0.15, 0.2) is 29.2 Å². The van der Waals surface area contributed by atoms with Gasteiger partial charge in [-0.2, -0.15) is 0 Å². The van der Waals surface area contributed by atoms with Crippen molar-refractivity contribution < 1.29 is 18.3 Å². The Bertz CT molecular complexity index is 675. The first-order valence-corrected chi connectivity index (χ1v) is 6.66. The minimum atomic E-state index is -0.926. The number of hydrogen-bond acceptors (Lipinski definition) is 3. The molecular weight excluding hydrogens is 276 g/mol. The van der Waals surface area contributed by atoms with Crippen molar-refractivity contribution in [3.8, 4) is 11.5 Å². The lowest BCUT2D eigenvalue weighted by molar-refractivity contribution is 0.0711. The van der Waals surface area contributed by atoms with Gasteiger partial charge in [0.25, 0.3) is 0 Å². The fourth-order valence-electron chi connectivity index (χ4n) is 2.33. The highest BCUT2D eigenvalue weighted by Crippen LogP contribution is 2.34. The van der Waals surface area contributed by atoms with Gasteiger partial charge in [-0.25, -0.2) is 8.78 Å². The van der Waals surface area contributed by atoms with Gasteiger partial charge in [0.1, 0.15) is 6.61 Å².